The van der Waals surface area contributed by atoms with Gasteiger partial charge in [-0.1, -0.05) is 30.3 Å². The van der Waals surface area contributed by atoms with Gasteiger partial charge in [-0.15, -0.1) is 0 Å². The van der Waals surface area contributed by atoms with E-state index >= 15 is 0 Å². The molecule has 1 heterocycles. The monoisotopic (exact) mass is 365 g/mol. The van der Waals surface area contributed by atoms with Crippen LogP contribution in [-0.2, 0) is 17.8 Å². The lowest BCUT2D eigenvalue weighted by Crippen LogP contribution is -2.38. The van der Waals surface area contributed by atoms with Crippen molar-refractivity contribution in [1.29, 1.82) is 0 Å². The maximum atomic E-state index is 13.1. The predicted octanol–water partition coefficient (Wildman–Crippen LogP) is 3.63. The van der Waals surface area contributed by atoms with Gasteiger partial charge < -0.3 is 10.3 Å². The topological polar surface area (TPSA) is 48.1 Å². The number of aromatic amines is 1. The van der Waals surface area contributed by atoms with E-state index in [0.29, 0.717) is 25.7 Å². The molecule has 3 aromatic rings. The minimum absolute atomic E-state index is 0.0452. The van der Waals surface area contributed by atoms with Gasteiger partial charge in [0.1, 0.15) is 5.82 Å². The third-order valence-corrected chi connectivity index (χ3v) is 5.10. The van der Waals surface area contributed by atoms with Gasteiger partial charge in [0.2, 0.25) is 5.91 Å². The normalized spacial score (nSPS) is 14.0. The van der Waals surface area contributed by atoms with Crippen molar-refractivity contribution in [2.45, 2.75) is 31.8 Å². The molecular formula is C22H24FN3O. The maximum Gasteiger partial charge on any atom is 0.234 e. The molecule has 1 fully saturated rings. The van der Waals surface area contributed by atoms with Crippen LogP contribution in [0.3, 0.4) is 0 Å². The fraction of sp³-hybridized carbons (Fsp3) is 0.318. The highest BCUT2D eigenvalue weighted by Crippen LogP contribution is 2.28. The van der Waals surface area contributed by atoms with E-state index < -0.39 is 0 Å². The van der Waals surface area contributed by atoms with Crippen molar-refractivity contribution in [1.82, 2.24) is 15.2 Å². The Hall–Kier alpha value is -2.66. The highest BCUT2D eigenvalue weighted by Gasteiger charge is 2.30. The van der Waals surface area contributed by atoms with E-state index in [2.05, 4.69) is 27.3 Å². The summed E-state index contributed by atoms with van der Waals surface area (Å²) in [5, 5.41) is 4.25. The fourth-order valence-corrected chi connectivity index (χ4v) is 3.49. The number of carbonyl (C=O) groups excluding carboxylic acids is 1. The minimum Gasteiger partial charge on any atom is -0.361 e. The first kappa shape index (κ1) is 17.7. The SMILES string of the molecule is O=C(CN(Cc1ccc(F)cc1)C1CC1)NCCc1c[nH]c2ccccc12. The van der Waals surface area contributed by atoms with Crippen LogP contribution in [-0.4, -0.2) is 34.9 Å². The van der Waals surface area contributed by atoms with Crippen molar-refractivity contribution < 1.29 is 9.18 Å². The molecule has 1 aromatic heterocycles. The number of fused-ring (bicyclic) bond motifs is 1. The molecule has 140 valence electrons. The predicted molar refractivity (Wildman–Crippen MR) is 105 cm³/mol. The van der Waals surface area contributed by atoms with Gasteiger partial charge in [-0.2, -0.15) is 0 Å². The summed E-state index contributed by atoms with van der Waals surface area (Å²) in [6, 6.07) is 15.2. The van der Waals surface area contributed by atoms with E-state index in [-0.39, 0.29) is 11.7 Å². The molecule has 0 aliphatic heterocycles. The first-order valence-corrected chi connectivity index (χ1v) is 9.49. The number of rotatable bonds is 8. The standard InChI is InChI=1S/C22H24FN3O/c23-18-7-5-16(6-8-18)14-26(19-9-10-19)15-22(27)24-12-11-17-13-25-21-4-2-1-3-20(17)21/h1-8,13,19,25H,9-12,14-15H2,(H,24,27). The zero-order chi connectivity index (χ0) is 18.6. The largest absolute Gasteiger partial charge is 0.361 e. The number of benzene rings is 2. The molecule has 0 bridgehead atoms. The lowest BCUT2D eigenvalue weighted by molar-refractivity contribution is -0.122. The van der Waals surface area contributed by atoms with Crippen LogP contribution >= 0.6 is 0 Å². The molecule has 4 rings (SSSR count). The molecule has 1 aliphatic carbocycles. The molecule has 5 heteroatoms. The second kappa shape index (κ2) is 7.92. The Morgan fingerprint density at radius 2 is 1.93 bits per heavy atom. The summed E-state index contributed by atoms with van der Waals surface area (Å²) in [4.78, 5) is 17.9. The zero-order valence-corrected chi connectivity index (χ0v) is 15.2. The van der Waals surface area contributed by atoms with Gasteiger partial charge in [-0.25, -0.2) is 4.39 Å². The van der Waals surface area contributed by atoms with E-state index in [0.717, 1.165) is 30.3 Å². The van der Waals surface area contributed by atoms with E-state index in [1.807, 2.05) is 18.3 Å². The lowest BCUT2D eigenvalue weighted by Gasteiger charge is -2.21. The Morgan fingerprint density at radius 1 is 1.15 bits per heavy atom. The molecule has 2 aromatic carbocycles. The first-order valence-electron chi connectivity index (χ1n) is 9.49. The molecule has 1 amide bonds. The first-order chi connectivity index (χ1) is 13.2. The number of amides is 1. The average molecular weight is 365 g/mol. The number of H-pyrrole nitrogens is 1. The van der Waals surface area contributed by atoms with Crippen LogP contribution in [0.2, 0.25) is 0 Å². The van der Waals surface area contributed by atoms with Crippen molar-refractivity contribution in [3.05, 3.63) is 71.7 Å². The zero-order valence-electron chi connectivity index (χ0n) is 15.2. The van der Waals surface area contributed by atoms with Crippen LogP contribution in [0.15, 0.2) is 54.7 Å². The smallest absolute Gasteiger partial charge is 0.234 e. The molecule has 0 unspecified atom stereocenters. The van der Waals surface area contributed by atoms with E-state index in [9.17, 15) is 9.18 Å². The van der Waals surface area contributed by atoms with Gasteiger partial charge in [-0.05, 0) is 48.6 Å². The van der Waals surface area contributed by atoms with E-state index in [4.69, 9.17) is 0 Å². The van der Waals surface area contributed by atoms with E-state index in [1.54, 1.807) is 12.1 Å². The summed E-state index contributed by atoms with van der Waals surface area (Å²) in [5.74, 6) is -0.185. The number of halogens is 1. The highest BCUT2D eigenvalue weighted by atomic mass is 19.1. The van der Waals surface area contributed by atoms with Gasteiger partial charge in [0.25, 0.3) is 0 Å². The van der Waals surface area contributed by atoms with Crippen LogP contribution in [0, 0.1) is 5.82 Å². The summed E-state index contributed by atoms with van der Waals surface area (Å²) < 4.78 is 13.1. The average Bonchev–Trinajstić information content (AvgIpc) is 3.44. The van der Waals surface area contributed by atoms with Crippen molar-refractivity contribution in [2.75, 3.05) is 13.1 Å². The summed E-state index contributed by atoms with van der Waals surface area (Å²) >= 11 is 0. The summed E-state index contributed by atoms with van der Waals surface area (Å²) in [7, 11) is 0. The third-order valence-electron chi connectivity index (χ3n) is 5.10. The van der Waals surface area contributed by atoms with Crippen molar-refractivity contribution in [3.63, 3.8) is 0 Å². The van der Waals surface area contributed by atoms with Crippen LogP contribution in [0.1, 0.15) is 24.0 Å². The summed E-state index contributed by atoms with van der Waals surface area (Å²) in [5.41, 5.74) is 3.38. The van der Waals surface area contributed by atoms with Gasteiger partial charge in [0, 0.05) is 36.2 Å². The van der Waals surface area contributed by atoms with Gasteiger partial charge >= 0.3 is 0 Å². The molecule has 0 saturated heterocycles. The quantitative estimate of drug-likeness (QED) is 0.640. The summed E-state index contributed by atoms with van der Waals surface area (Å²) in [6.07, 6.45) is 5.08. The van der Waals surface area contributed by atoms with Crippen molar-refractivity contribution in [2.24, 2.45) is 0 Å². The number of nitrogens with zero attached hydrogens (tertiary/aromatic N) is 1. The van der Waals surface area contributed by atoms with Gasteiger partial charge in [-0.3, -0.25) is 9.69 Å². The molecule has 0 radical (unpaired) electrons. The van der Waals surface area contributed by atoms with E-state index in [1.165, 1.54) is 23.1 Å². The van der Waals surface area contributed by atoms with Crippen LogP contribution < -0.4 is 5.32 Å². The Bertz CT molecular complexity index is 915. The lowest BCUT2D eigenvalue weighted by atomic mass is 10.1. The number of nitrogens with one attached hydrogen (secondary N) is 2. The molecular weight excluding hydrogens is 341 g/mol. The Balaban J connectivity index is 1.29. The molecule has 2 N–H and O–H groups in total. The molecule has 27 heavy (non-hydrogen) atoms. The van der Waals surface area contributed by atoms with Crippen molar-refractivity contribution >= 4 is 16.8 Å². The second-order valence-corrected chi connectivity index (χ2v) is 7.22. The number of carbonyl (C=O) groups is 1. The van der Waals surface area contributed by atoms with Crippen LogP contribution in [0.4, 0.5) is 4.39 Å². The maximum absolute atomic E-state index is 13.1. The number of hydrogen-bond acceptors (Lipinski definition) is 2. The second-order valence-electron chi connectivity index (χ2n) is 7.22. The van der Waals surface area contributed by atoms with Crippen LogP contribution in [0.5, 0.6) is 0 Å². The number of aromatic nitrogens is 1. The molecule has 1 aliphatic rings. The summed E-state index contributed by atoms with van der Waals surface area (Å²) in [6.45, 7) is 1.69. The van der Waals surface area contributed by atoms with Crippen LogP contribution in [0.25, 0.3) is 10.9 Å². The molecule has 0 atom stereocenters. The Kier molecular flexibility index (Phi) is 5.21. The number of hydrogen-bond donors (Lipinski definition) is 2. The number of para-hydroxylation sites is 1. The van der Waals surface area contributed by atoms with Crippen molar-refractivity contribution in [3.8, 4) is 0 Å². The van der Waals surface area contributed by atoms with Gasteiger partial charge in [0.05, 0.1) is 6.54 Å². The minimum atomic E-state index is -0.230. The Morgan fingerprint density at radius 3 is 2.70 bits per heavy atom. The fourth-order valence-electron chi connectivity index (χ4n) is 3.49. The van der Waals surface area contributed by atoms with Gasteiger partial charge in [0.15, 0.2) is 0 Å². The molecule has 0 spiro atoms. The highest BCUT2D eigenvalue weighted by molar-refractivity contribution is 5.83. The third kappa shape index (κ3) is 4.55. The molecule has 1 saturated carbocycles. The Labute approximate surface area is 158 Å². The molecule has 4 nitrogen and oxygen atoms in total.